The molecule has 0 aliphatic heterocycles. The molecule has 0 saturated heterocycles. The van der Waals surface area contributed by atoms with Gasteiger partial charge in [0, 0.05) is 17.7 Å². The molecule has 0 fully saturated rings. The fraction of sp³-hybridized carbons (Fsp3) is 0.261. The lowest BCUT2D eigenvalue weighted by Gasteiger charge is -2.21. The predicted octanol–water partition coefficient (Wildman–Crippen LogP) is 4.41. The van der Waals surface area contributed by atoms with Crippen LogP contribution >= 0.6 is 11.6 Å². The van der Waals surface area contributed by atoms with E-state index in [1.165, 1.54) is 12.3 Å². The van der Waals surface area contributed by atoms with Crippen molar-refractivity contribution in [1.82, 2.24) is 10.3 Å². The van der Waals surface area contributed by atoms with E-state index in [4.69, 9.17) is 25.5 Å². The number of carbonyl (C=O) groups is 2. The minimum Gasteiger partial charge on any atom is -0.497 e. The van der Waals surface area contributed by atoms with Crippen LogP contribution in [0.5, 0.6) is 5.75 Å². The van der Waals surface area contributed by atoms with Gasteiger partial charge in [0.25, 0.3) is 11.6 Å². The Morgan fingerprint density at radius 2 is 1.91 bits per heavy atom. The van der Waals surface area contributed by atoms with Crippen molar-refractivity contribution in [2.75, 3.05) is 7.11 Å². The molecule has 0 spiro atoms. The summed E-state index contributed by atoms with van der Waals surface area (Å²) in [6, 6.07) is 9.60. The summed E-state index contributed by atoms with van der Waals surface area (Å²) < 4.78 is 15.9. The average Bonchev–Trinajstić information content (AvgIpc) is 3.29. The van der Waals surface area contributed by atoms with Gasteiger partial charge in [-0.05, 0) is 36.2 Å². The Hall–Kier alpha value is -3.92. The number of ether oxygens (including phenoxy) is 2. The molecule has 0 radical (unpaired) electrons. The lowest BCUT2D eigenvalue weighted by Crippen LogP contribution is -2.45. The molecule has 11 heteroatoms. The van der Waals surface area contributed by atoms with Crippen LogP contribution in [-0.2, 0) is 16.1 Å². The number of methoxy groups -OCH3 is 1. The Balaban J connectivity index is 1.63. The zero-order chi connectivity index (χ0) is 24.8. The number of halogens is 1. The summed E-state index contributed by atoms with van der Waals surface area (Å²) in [5.41, 5.74) is 0.881. The van der Waals surface area contributed by atoms with E-state index >= 15 is 0 Å². The van der Waals surface area contributed by atoms with Gasteiger partial charge >= 0.3 is 5.97 Å². The number of nitrogens with zero attached hydrogens (tertiary/aromatic N) is 2. The fourth-order valence-corrected chi connectivity index (χ4v) is 3.25. The average molecular weight is 488 g/mol. The number of rotatable bonds is 9. The van der Waals surface area contributed by atoms with Crippen LogP contribution in [0.4, 0.5) is 5.69 Å². The second-order valence-electron chi connectivity index (χ2n) is 7.60. The first-order valence-corrected chi connectivity index (χ1v) is 10.6. The van der Waals surface area contributed by atoms with E-state index in [-0.39, 0.29) is 28.8 Å². The van der Waals surface area contributed by atoms with Gasteiger partial charge in [0.15, 0.2) is 0 Å². The van der Waals surface area contributed by atoms with Gasteiger partial charge in [-0.3, -0.25) is 14.9 Å². The van der Waals surface area contributed by atoms with Crippen LogP contribution in [0.15, 0.2) is 53.1 Å². The monoisotopic (exact) mass is 487 g/mol. The van der Waals surface area contributed by atoms with Crippen molar-refractivity contribution >= 4 is 29.2 Å². The number of oxazole rings is 1. The number of nitrogens with one attached hydrogen (secondary N) is 1. The number of amides is 1. The van der Waals surface area contributed by atoms with Crippen LogP contribution in [0.3, 0.4) is 0 Å². The van der Waals surface area contributed by atoms with E-state index in [0.717, 1.165) is 17.7 Å². The number of aromatic nitrogens is 1. The van der Waals surface area contributed by atoms with E-state index < -0.39 is 22.8 Å². The quantitative estimate of drug-likeness (QED) is 0.266. The number of benzene rings is 2. The molecule has 0 aliphatic carbocycles. The maximum atomic E-state index is 12.7. The molecule has 3 rings (SSSR count). The van der Waals surface area contributed by atoms with Gasteiger partial charge in [0.2, 0.25) is 5.89 Å². The molecular weight excluding hydrogens is 466 g/mol. The van der Waals surface area contributed by atoms with Crippen LogP contribution < -0.4 is 10.1 Å². The Morgan fingerprint density at radius 1 is 1.21 bits per heavy atom. The zero-order valence-electron chi connectivity index (χ0n) is 18.6. The number of non-ortho nitro benzene ring substituents is 1. The Labute approximate surface area is 200 Å². The molecule has 0 bridgehead atoms. The predicted molar refractivity (Wildman–Crippen MR) is 122 cm³/mol. The van der Waals surface area contributed by atoms with Crippen LogP contribution in [-0.4, -0.2) is 34.9 Å². The fourth-order valence-electron chi connectivity index (χ4n) is 2.99. The highest BCUT2D eigenvalue weighted by atomic mass is 35.5. The molecule has 1 amide bonds. The first kappa shape index (κ1) is 24.7. The third-order valence-electron chi connectivity index (χ3n) is 4.87. The molecule has 0 aliphatic rings. The highest BCUT2D eigenvalue weighted by Crippen LogP contribution is 2.24. The Morgan fingerprint density at radius 3 is 2.50 bits per heavy atom. The molecule has 0 unspecified atom stereocenters. The molecule has 1 aromatic heterocycles. The standard InChI is InChI=1S/C23H22ClN3O7/c1-13(2)20(26-21(28)18-9-6-16(27(30)31)10-19(18)24)23(29)34-12-15-11-33-22(25-15)14-4-7-17(32-3)8-5-14/h4-11,13,20H,12H2,1-3H3,(H,26,28)/t20-/m0/s1. The van der Waals surface area contributed by atoms with Crippen LogP contribution in [0.2, 0.25) is 5.02 Å². The zero-order valence-corrected chi connectivity index (χ0v) is 19.4. The van der Waals surface area contributed by atoms with E-state index in [1.807, 2.05) is 0 Å². The Kier molecular flexibility index (Phi) is 7.85. The van der Waals surface area contributed by atoms with Crippen molar-refractivity contribution in [2.45, 2.75) is 26.5 Å². The lowest BCUT2D eigenvalue weighted by atomic mass is 10.0. The van der Waals surface area contributed by atoms with Crippen molar-refractivity contribution < 1.29 is 28.4 Å². The van der Waals surface area contributed by atoms with Crippen molar-refractivity contribution in [2.24, 2.45) is 5.92 Å². The number of nitro groups is 1. The molecule has 2 aromatic carbocycles. The van der Waals surface area contributed by atoms with E-state index in [1.54, 1.807) is 45.2 Å². The van der Waals surface area contributed by atoms with Gasteiger partial charge in [0.05, 0.1) is 22.6 Å². The van der Waals surface area contributed by atoms with Crippen molar-refractivity contribution in [3.63, 3.8) is 0 Å². The van der Waals surface area contributed by atoms with E-state index in [9.17, 15) is 19.7 Å². The summed E-state index contributed by atoms with van der Waals surface area (Å²) in [5, 5.41) is 13.3. The third-order valence-corrected chi connectivity index (χ3v) is 5.18. The summed E-state index contributed by atoms with van der Waals surface area (Å²) in [6.45, 7) is 3.32. The normalized spacial score (nSPS) is 11.7. The van der Waals surface area contributed by atoms with Crippen molar-refractivity contribution in [3.05, 3.63) is 75.1 Å². The largest absolute Gasteiger partial charge is 0.497 e. The van der Waals surface area contributed by atoms with Gasteiger partial charge in [-0.1, -0.05) is 25.4 Å². The maximum absolute atomic E-state index is 12.7. The molecule has 1 heterocycles. The summed E-state index contributed by atoms with van der Waals surface area (Å²) in [4.78, 5) is 39.9. The number of nitro benzene ring substituents is 1. The molecule has 1 N–H and O–H groups in total. The van der Waals surface area contributed by atoms with Gasteiger partial charge in [-0.15, -0.1) is 0 Å². The topological polar surface area (TPSA) is 134 Å². The van der Waals surface area contributed by atoms with Crippen LogP contribution in [0.25, 0.3) is 11.5 Å². The van der Waals surface area contributed by atoms with Gasteiger partial charge < -0.3 is 19.2 Å². The SMILES string of the molecule is COc1ccc(-c2nc(COC(=O)[C@@H](NC(=O)c3ccc([N+](=O)[O-])cc3Cl)C(C)C)co2)cc1. The van der Waals surface area contributed by atoms with Crippen molar-refractivity contribution in [3.8, 4) is 17.2 Å². The highest BCUT2D eigenvalue weighted by Gasteiger charge is 2.27. The lowest BCUT2D eigenvalue weighted by molar-refractivity contribution is -0.384. The number of hydrogen-bond donors (Lipinski definition) is 1. The second kappa shape index (κ2) is 10.8. The highest BCUT2D eigenvalue weighted by molar-refractivity contribution is 6.34. The summed E-state index contributed by atoms with van der Waals surface area (Å²) >= 11 is 6.01. The number of esters is 1. The molecule has 178 valence electrons. The number of carbonyl (C=O) groups excluding carboxylic acids is 2. The maximum Gasteiger partial charge on any atom is 0.329 e. The summed E-state index contributed by atoms with van der Waals surface area (Å²) in [6.07, 6.45) is 1.38. The number of hydrogen-bond acceptors (Lipinski definition) is 8. The van der Waals surface area contributed by atoms with Crippen molar-refractivity contribution in [1.29, 1.82) is 0 Å². The molecule has 10 nitrogen and oxygen atoms in total. The van der Waals surface area contributed by atoms with E-state index in [0.29, 0.717) is 17.3 Å². The van der Waals surface area contributed by atoms with Crippen LogP contribution in [0.1, 0.15) is 29.9 Å². The smallest absolute Gasteiger partial charge is 0.329 e. The molecular formula is C23H22ClN3O7. The molecule has 3 aromatic rings. The first-order valence-electron chi connectivity index (χ1n) is 10.2. The first-order chi connectivity index (χ1) is 16.2. The summed E-state index contributed by atoms with van der Waals surface area (Å²) in [7, 11) is 1.57. The van der Waals surface area contributed by atoms with Gasteiger partial charge in [-0.2, -0.15) is 0 Å². The Bertz CT molecular complexity index is 1190. The summed E-state index contributed by atoms with van der Waals surface area (Å²) in [5.74, 6) is -0.578. The third kappa shape index (κ3) is 5.90. The van der Waals surface area contributed by atoms with Gasteiger partial charge in [-0.25, -0.2) is 9.78 Å². The molecule has 0 saturated carbocycles. The molecule has 34 heavy (non-hydrogen) atoms. The van der Waals surface area contributed by atoms with Crippen LogP contribution in [0, 0.1) is 16.0 Å². The molecule has 1 atom stereocenters. The minimum absolute atomic E-state index is 0.00588. The second-order valence-corrected chi connectivity index (χ2v) is 8.00. The van der Waals surface area contributed by atoms with E-state index in [2.05, 4.69) is 10.3 Å². The minimum atomic E-state index is -0.980. The van der Waals surface area contributed by atoms with Gasteiger partial charge in [0.1, 0.15) is 30.4 Å².